The van der Waals surface area contributed by atoms with Crippen LogP contribution < -0.4 is 5.56 Å². The number of aromatic amines is 2. The molecule has 0 spiro atoms. The summed E-state index contributed by atoms with van der Waals surface area (Å²) < 4.78 is 0. The van der Waals surface area contributed by atoms with Crippen molar-refractivity contribution in [2.45, 2.75) is 25.2 Å². The van der Waals surface area contributed by atoms with Crippen LogP contribution in [0.4, 0.5) is 0 Å². The second-order valence-corrected chi connectivity index (χ2v) is 8.86. The molecule has 5 rings (SSSR count). The lowest BCUT2D eigenvalue weighted by atomic mass is 9.95. The van der Waals surface area contributed by atoms with Gasteiger partial charge < -0.3 is 14.9 Å². The third-order valence-corrected chi connectivity index (χ3v) is 6.56. The lowest BCUT2D eigenvalue weighted by molar-refractivity contribution is 0.211. The summed E-state index contributed by atoms with van der Waals surface area (Å²) in [6.45, 7) is 3.00. The van der Waals surface area contributed by atoms with Crippen LogP contribution in [-0.2, 0) is 6.42 Å². The molecule has 2 aromatic carbocycles. The van der Waals surface area contributed by atoms with E-state index in [1.54, 1.807) is 12.1 Å². The molecular weight excluding hydrogens is 419 g/mol. The van der Waals surface area contributed by atoms with Crippen LogP contribution in [0.5, 0.6) is 0 Å². The van der Waals surface area contributed by atoms with Gasteiger partial charge in [-0.15, -0.1) is 0 Å². The van der Waals surface area contributed by atoms with E-state index in [9.17, 15) is 4.79 Å². The van der Waals surface area contributed by atoms with E-state index < -0.39 is 0 Å². The predicted octanol–water partition coefficient (Wildman–Crippen LogP) is 5.13. The molecule has 4 aromatic rings. The monoisotopic (exact) mass is 440 g/mol. The molecule has 1 fully saturated rings. The first-order chi connectivity index (χ1) is 14.6. The summed E-state index contributed by atoms with van der Waals surface area (Å²) in [5.74, 6) is 1.07. The maximum atomic E-state index is 12.4. The number of halogens is 2. The highest BCUT2D eigenvalue weighted by atomic mass is 35.5. The van der Waals surface area contributed by atoms with Crippen molar-refractivity contribution in [2.24, 2.45) is 0 Å². The Labute approximate surface area is 184 Å². The molecule has 30 heavy (non-hydrogen) atoms. The van der Waals surface area contributed by atoms with E-state index in [2.05, 4.69) is 21.1 Å². The van der Waals surface area contributed by atoms with Gasteiger partial charge in [0.05, 0.1) is 10.9 Å². The minimum atomic E-state index is -0.113. The highest BCUT2D eigenvalue weighted by Crippen LogP contribution is 2.27. The Bertz CT molecular complexity index is 1270. The summed E-state index contributed by atoms with van der Waals surface area (Å²) in [7, 11) is 0. The number of nitrogens with zero attached hydrogens (tertiary/aromatic N) is 2. The Morgan fingerprint density at radius 1 is 1.03 bits per heavy atom. The van der Waals surface area contributed by atoms with E-state index in [1.165, 1.54) is 10.9 Å². The van der Waals surface area contributed by atoms with Crippen LogP contribution in [0.2, 0.25) is 10.0 Å². The van der Waals surface area contributed by atoms with Gasteiger partial charge >= 0.3 is 0 Å². The molecule has 0 bridgehead atoms. The van der Waals surface area contributed by atoms with E-state index in [1.807, 2.05) is 24.3 Å². The molecule has 5 nitrogen and oxygen atoms in total. The minimum Gasteiger partial charge on any atom is -0.361 e. The average molecular weight is 441 g/mol. The van der Waals surface area contributed by atoms with Gasteiger partial charge in [0.1, 0.15) is 5.82 Å². The van der Waals surface area contributed by atoms with Crippen LogP contribution in [0.1, 0.15) is 30.1 Å². The standard InChI is InChI=1S/C23H22Cl2N4O/c24-16-1-3-20-18(11-16)15(13-26-20)7-10-29-8-5-14(6-9-29)22-27-21-4-2-17(25)12-19(21)23(30)28-22/h1-4,11-14,26H,5-10H2,(H,27,28,30). The average Bonchev–Trinajstić information content (AvgIpc) is 3.15. The van der Waals surface area contributed by atoms with Crippen LogP contribution in [0, 0.1) is 0 Å². The highest BCUT2D eigenvalue weighted by molar-refractivity contribution is 6.31. The van der Waals surface area contributed by atoms with Gasteiger partial charge in [-0.25, -0.2) is 4.98 Å². The number of H-pyrrole nitrogens is 2. The summed E-state index contributed by atoms with van der Waals surface area (Å²) in [4.78, 5) is 25.9. The van der Waals surface area contributed by atoms with Gasteiger partial charge in [-0.3, -0.25) is 4.79 Å². The van der Waals surface area contributed by atoms with Crippen LogP contribution in [-0.4, -0.2) is 39.5 Å². The third kappa shape index (κ3) is 3.85. The Balaban J connectivity index is 1.24. The lowest BCUT2D eigenvalue weighted by Gasteiger charge is -2.31. The van der Waals surface area contributed by atoms with Crippen molar-refractivity contribution in [1.82, 2.24) is 19.9 Å². The van der Waals surface area contributed by atoms with Crippen LogP contribution in [0.15, 0.2) is 47.4 Å². The Hall–Kier alpha value is -2.34. The number of benzene rings is 2. The first-order valence-electron chi connectivity index (χ1n) is 10.2. The fourth-order valence-electron chi connectivity index (χ4n) is 4.39. The van der Waals surface area contributed by atoms with Gasteiger partial charge in [0, 0.05) is 39.6 Å². The quantitative estimate of drug-likeness (QED) is 0.461. The molecule has 0 aliphatic carbocycles. The number of aromatic nitrogens is 3. The van der Waals surface area contributed by atoms with Crippen LogP contribution >= 0.6 is 23.2 Å². The number of hydrogen-bond acceptors (Lipinski definition) is 3. The van der Waals surface area contributed by atoms with E-state index in [-0.39, 0.29) is 11.5 Å². The summed E-state index contributed by atoms with van der Waals surface area (Å²) >= 11 is 12.2. The van der Waals surface area contributed by atoms with Crippen molar-refractivity contribution < 1.29 is 0 Å². The fraction of sp³-hybridized carbons (Fsp3) is 0.304. The van der Waals surface area contributed by atoms with Crippen molar-refractivity contribution in [2.75, 3.05) is 19.6 Å². The van der Waals surface area contributed by atoms with Gasteiger partial charge in [-0.1, -0.05) is 23.2 Å². The number of hydrogen-bond donors (Lipinski definition) is 2. The third-order valence-electron chi connectivity index (χ3n) is 6.09. The molecule has 7 heteroatoms. The number of nitrogens with one attached hydrogen (secondary N) is 2. The zero-order valence-electron chi connectivity index (χ0n) is 16.4. The van der Waals surface area contributed by atoms with Crippen molar-refractivity contribution in [3.05, 3.63) is 74.4 Å². The maximum absolute atomic E-state index is 12.4. The molecule has 1 aliphatic rings. The van der Waals surface area contributed by atoms with Gasteiger partial charge in [-0.2, -0.15) is 0 Å². The van der Waals surface area contributed by atoms with Crippen LogP contribution in [0.3, 0.4) is 0 Å². The Morgan fingerprint density at radius 3 is 2.57 bits per heavy atom. The lowest BCUT2D eigenvalue weighted by Crippen LogP contribution is -2.35. The molecule has 3 heterocycles. The minimum absolute atomic E-state index is 0.113. The molecule has 1 saturated heterocycles. The van der Waals surface area contributed by atoms with Gasteiger partial charge in [-0.05, 0) is 74.3 Å². The molecule has 2 aromatic heterocycles. The van der Waals surface area contributed by atoms with Crippen molar-refractivity contribution >= 4 is 45.0 Å². The SMILES string of the molecule is O=c1[nH]c(C2CCN(CCc3c[nH]c4ccc(Cl)cc34)CC2)nc2ccc(Cl)cc12. The van der Waals surface area contributed by atoms with E-state index in [0.29, 0.717) is 15.9 Å². The fourth-order valence-corrected chi connectivity index (χ4v) is 4.73. The van der Waals surface area contributed by atoms with Crippen molar-refractivity contribution in [1.29, 1.82) is 0 Å². The molecule has 154 valence electrons. The molecule has 0 radical (unpaired) electrons. The Kier molecular flexibility index (Phi) is 5.27. The zero-order chi connectivity index (χ0) is 20.7. The summed E-state index contributed by atoms with van der Waals surface area (Å²) in [6.07, 6.45) is 5.05. The Morgan fingerprint density at radius 2 is 1.77 bits per heavy atom. The maximum Gasteiger partial charge on any atom is 0.258 e. The first-order valence-corrected chi connectivity index (χ1v) is 11.0. The van der Waals surface area contributed by atoms with Gasteiger partial charge in [0.25, 0.3) is 5.56 Å². The molecule has 2 N–H and O–H groups in total. The number of piperidine rings is 1. The molecule has 0 saturated carbocycles. The van der Waals surface area contributed by atoms with Crippen molar-refractivity contribution in [3.8, 4) is 0 Å². The van der Waals surface area contributed by atoms with E-state index in [4.69, 9.17) is 28.2 Å². The van der Waals surface area contributed by atoms with Gasteiger partial charge in [0.15, 0.2) is 0 Å². The topological polar surface area (TPSA) is 64.8 Å². The zero-order valence-corrected chi connectivity index (χ0v) is 17.9. The number of fused-ring (bicyclic) bond motifs is 2. The molecule has 1 aliphatic heterocycles. The summed E-state index contributed by atoms with van der Waals surface area (Å²) in [5.41, 5.74) is 3.02. The molecule has 0 unspecified atom stereocenters. The normalized spacial score (nSPS) is 15.9. The van der Waals surface area contributed by atoms with E-state index in [0.717, 1.165) is 55.3 Å². The molecule has 0 amide bonds. The second-order valence-electron chi connectivity index (χ2n) is 7.98. The molecule has 0 atom stereocenters. The number of likely N-dealkylation sites (tertiary alicyclic amines) is 1. The largest absolute Gasteiger partial charge is 0.361 e. The number of rotatable bonds is 4. The molecular formula is C23H22Cl2N4O. The van der Waals surface area contributed by atoms with E-state index >= 15 is 0 Å². The smallest absolute Gasteiger partial charge is 0.258 e. The first kappa shape index (κ1) is 19.6. The summed E-state index contributed by atoms with van der Waals surface area (Å²) in [5, 5.41) is 3.06. The highest BCUT2D eigenvalue weighted by Gasteiger charge is 2.23. The van der Waals surface area contributed by atoms with Crippen molar-refractivity contribution in [3.63, 3.8) is 0 Å². The van der Waals surface area contributed by atoms with Crippen LogP contribution in [0.25, 0.3) is 21.8 Å². The predicted molar refractivity (Wildman–Crippen MR) is 123 cm³/mol. The van der Waals surface area contributed by atoms with Gasteiger partial charge in [0.2, 0.25) is 0 Å². The summed E-state index contributed by atoms with van der Waals surface area (Å²) in [6, 6.07) is 11.2. The second kappa shape index (κ2) is 8.06.